The van der Waals surface area contributed by atoms with Crippen molar-refractivity contribution in [3.05, 3.63) is 64.6 Å². The number of hydrogen-bond donors (Lipinski definition) is 0. The average Bonchev–Trinajstić information content (AvgIpc) is 2.88. The summed E-state index contributed by atoms with van der Waals surface area (Å²) in [7, 11) is 0. The van der Waals surface area contributed by atoms with Crippen LogP contribution in [0.2, 0.25) is 0 Å². The summed E-state index contributed by atoms with van der Waals surface area (Å²) in [6.07, 6.45) is 1.88. The number of benzene rings is 2. The minimum Gasteiger partial charge on any atom is -0.493 e. The Morgan fingerprint density at radius 2 is 1.92 bits per heavy atom. The number of amides is 1. The number of carbonyl (C=O) groups is 1. The van der Waals surface area contributed by atoms with Crippen LogP contribution in [0.1, 0.15) is 25.0 Å². The molecule has 0 bridgehead atoms. The van der Waals surface area contributed by atoms with Crippen molar-refractivity contribution in [3.63, 3.8) is 0 Å². The van der Waals surface area contributed by atoms with Gasteiger partial charge in [0, 0.05) is 0 Å². The van der Waals surface area contributed by atoms with Crippen molar-refractivity contribution in [1.29, 1.82) is 0 Å². The van der Waals surface area contributed by atoms with E-state index in [0.717, 1.165) is 22.6 Å². The summed E-state index contributed by atoms with van der Waals surface area (Å²) >= 11 is 6.76. The van der Waals surface area contributed by atoms with E-state index in [1.54, 1.807) is 4.90 Å². The Labute approximate surface area is 164 Å². The summed E-state index contributed by atoms with van der Waals surface area (Å²) in [5.74, 6) is 1.24. The Hall–Kier alpha value is -2.11. The highest BCUT2D eigenvalue weighted by Gasteiger charge is 2.33. The van der Waals surface area contributed by atoms with E-state index in [2.05, 4.69) is 13.8 Å². The maximum atomic E-state index is 12.8. The van der Waals surface area contributed by atoms with Crippen molar-refractivity contribution in [3.8, 4) is 5.75 Å². The van der Waals surface area contributed by atoms with Gasteiger partial charge in [-0.2, -0.15) is 0 Å². The lowest BCUT2D eigenvalue weighted by Gasteiger charge is -2.14. The maximum Gasteiger partial charge on any atom is 0.270 e. The largest absolute Gasteiger partial charge is 0.493 e. The number of thioether (sulfide) groups is 1. The van der Waals surface area contributed by atoms with Crippen molar-refractivity contribution in [1.82, 2.24) is 0 Å². The fourth-order valence-electron chi connectivity index (χ4n) is 2.53. The first-order valence-electron chi connectivity index (χ1n) is 8.51. The fraction of sp³-hybridized carbons (Fsp3) is 0.238. The van der Waals surface area contributed by atoms with E-state index < -0.39 is 0 Å². The molecule has 0 saturated carbocycles. The number of nitrogens with zero attached hydrogens (tertiary/aromatic N) is 1. The Kier molecular flexibility index (Phi) is 5.79. The summed E-state index contributed by atoms with van der Waals surface area (Å²) in [5, 5.41) is 0. The van der Waals surface area contributed by atoms with Gasteiger partial charge in [0.25, 0.3) is 5.91 Å². The topological polar surface area (TPSA) is 29.5 Å². The van der Waals surface area contributed by atoms with Crippen LogP contribution in [0.15, 0.2) is 53.4 Å². The molecule has 1 amide bonds. The molecule has 134 valence electrons. The molecule has 0 aromatic heterocycles. The molecule has 26 heavy (non-hydrogen) atoms. The molecule has 2 aromatic carbocycles. The van der Waals surface area contributed by atoms with Crippen LogP contribution in [-0.2, 0) is 4.79 Å². The number of ether oxygens (including phenoxy) is 1. The number of rotatable bonds is 5. The third-order valence-corrected chi connectivity index (χ3v) is 5.12. The maximum absolute atomic E-state index is 12.8. The van der Waals surface area contributed by atoms with Gasteiger partial charge in [-0.3, -0.25) is 9.69 Å². The van der Waals surface area contributed by atoms with Gasteiger partial charge in [0.15, 0.2) is 4.32 Å². The molecular weight excluding hydrogens is 362 g/mol. The molecule has 1 heterocycles. The van der Waals surface area contributed by atoms with Gasteiger partial charge >= 0.3 is 0 Å². The van der Waals surface area contributed by atoms with Crippen LogP contribution in [0.5, 0.6) is 5.75 Å². The van der Waals surface area contributed by atoms with Crippen LogP contribution in [0, 0.1) is 12.8 Å². The van der Waals surface area contributed by atoms with Crippen molar-refractivity contribution < 1.29 is 9.53 Å². The second-order valence-corrected chi connectivity index (χ2v) is 8.31. The molecule has 0 N–H and O–H groups in total. The third-order valence-electron chi connectivity index (χ3n) is 3.81. The highest BCUT2D eigenvalue weighted by Crippen LogP contribution is 2.36. The van der Waals surface area contributed by atoms with Crippen molar-refractivity contribution in [2.24, 2.45) is 5.92 Å². The zero-order valence-electron chi connectivity index (χ0n) is 15.1. The van der Waals surface area contributed by atoms with Crippen LogP contribution in [-0.4, -0.2) is 16.8 Å². The van der Waals surface area contributed by atoms with Crippen LogP contribution < -0.4 is 9.64 Å². The van der Waals surface area contributed by atoms with E-state index in [-0.39, 0.29) is 5.91 Å². The average molecular weight is 384 g/mol. The minimum absolute atomic E-state index is 0.0780. The van der Waals surface area contributed by atoms with Gasteiger partial charge < -0.3 is 4.74 Å². The number of carbonyl (C=O) groups excluding carboxylic acids is 1. The van der Waals surface area contributed by atoms with Gasteiger partial charge in [-0.1, -0.05) is 62.1 Å². The summed E-state index contributed by atoms with van der Waals surface area (Å²) in [4.78, 5) is 15.0. The molecule has 5 heteroatoms. The number of thiocarbonyl (C=S) groups is 1. The summed E-state index contributed by atoms with van der Waals surface area (Å²) in [6.45, 7) is 6.92. The molecule has 3 rings (SSSR count). The molecule has 1 aliphatic rings. The van der Waals surface area contributed by atoms with Gasteiger partial charge in [-0.15, -0.1) is 0 Å². The molecule has 0 unspecified atom stereocenters. The number of hydrogen-bond acceptors (Lipinski definition) is 4. The molecule has 1 aliphatic heterocycles. The fourth-order valence-corrected chi connectivity index (χ4v) is 3.83. The van der Waals surface area contributed by atoms with Crippen LogP contribution >= 0.6 is 24.0 Å². The Balaban J connectivity index is 1.77. The van der Waals surface area contributed by atoms with E-state index in [4.69, 9.17) is 17.0 Å². The normalized spacial score (nSPS) is 16.0. The summed E-state index contributed by atoms with van der Waals surface area (Å²) in [6, 6.07) is 15.6. The van der Waals surface area contributed by atoms with Gasteiger partial charge in [0.05, 0.1) is 17.2 Å². The Bertz CT molecular complexity index is 857. The van der Waals surface area contributed by atoms with E-state index in [1.165, 1.54) is 11.8 Å². The second kappa shape index (κ2) is 8.06. The predicted molar refractivity (Wildman–Crippen MR) is 114 cm³/mol. The van der Waals surface area contributed by atoms with E-state index >= 15 is 0 Å². The van der Waals surface area contributed by atoms with E-state index in [1.807, 2.05) is 61.5 Å². The zero-order valence-corrected chi connectivity index (χ0v) is 16.7. The van der Waals surface area contributed by atoms with Gasteiger partial charge in [-0.05, 0) is 54.3 Å². The zero-order chi connectivity index (χ0) is 18.7. The lowest BCUT2D eigenvalue weighted by molar-refractivity contribution is -0.113. The number of anilines is 1. The van der Waals surface area contributed by atoms with Gasteiger partial charge in [0.1, 0.15) is 5.75 Å². The molecule has 1 saturated heterocycles. The first-order valence-corrected chi connectivity index (χ1v) is 9.74. The molecular formula is C21H21NO2S2. The Morgan fingerprint density at radius 1 is 1.19 bits per heavy atom. The van der Waals surface area contributed by atoms with Crippen LogP contribution in [0.25, 0.3) is 6.08 Å². The lowest BCUT2D eigenvalue weighted by Crippen LogP contribution is -2.27. The molecule has 3 nitrogen and oxygen atoms in total. The molecule has 1 fully saturated rings. The summed E-state index contributed by atoms with van der Waals surface area (Å²) in [5.41, 5.74) is 2.86. The molecule has 0 spiro atoms. The quantitative estimate of drug-likeness (QED) is 0.508. The molecule has 2 aromatic rings. The highest BCUT2D eigenvalue weighted by molar-refractivity contribution is 8.27. The van der Waals surface area contributed by atoms with E-state index in [0.29, 0.717) is 21.8 Å². The molecule has 0 radical (unpaired) electrons. The van der Waals surface area contributed by atoms with Gasteiger partial charge in [0.2, 0.25) is 0 Å². The predicted octanol–water partition coefficient (Wildman–Crippen LogP) is 5.44. The van der Waals surface area contributed by atoms with Crippen LogP contribution in [0.3, 0.4) is 0 Å². The van der Waals surface area contributed by atoms with Crippen molar-refractivity contribution >= 4 is 46.0 Å². The Morgan fingerprint density at radius 3 is 2.58 bits per heavy atom. The third kappa shape index (κ3) is 4.34. The second-order valence-electron chi connectivity index (χ2n) is 6.63. The molecule has 0 aliphatic carbocycles. The van der Waals surface area contributed by atoms with Gasteiger partial charge in [-0.25, -0.2) is 0 Å². The first kappa shape index (κ1) is 18.7. The molecule has 0 atom stereocenters. The van der Waals surface area contributed by atoms with E-state index in [9.17, 15) is 4.79 Å². The van der Waals surface area contributed by atoms with Crippen LogP contribution in [0.4, 0.5) is 5.69 Å². The lowest BCUT2D eigenvalue weighted by atomic mass is 10.2. The van der Waals surface area contributed by atoms with Crippen molar-refractivity contribution in [2.45, 2.75) is 20.8 Å². The SMILES string of the molecule is Cc1cccc(N2C(=O)/C(=C\c3ccc(OCC(C)C)cc3)SC2=S)c1. The summed E-state index contributed by atoms with van der Waals surface area (Å²) < 4.78 is 6.25. The first-order chi connectivity index (χ1) is 12.4. The standard InChI is InChI=1S/C21H21NO2S2/c1-14(2)13-24-18-9-7-16(8-10-18)12-19-20(23)22(21(25)26-19)17-6-4-5-15(3)11-17/h4-12,14H,13H2,1-3H3/b19-12+. The highest BCUT2D eigenvalue weighted by atomic mass is 32.2. The smallest absolute Gasteiger partial charge is 0.270 e. The minimum atomic E-state index is -0.0780. The monoisotopic (exact) mass is 383 g/mol. The number of aryl methyl sites for hydroxylation is 1. The van der Waals surface area contributed by atoms with Crippen molar-refractivity contribution in [2.75, 3.05) is 11.5 Å².